The summed E-state index contributed by atoms with van der Waals surface area (Å²) in [6, 6.07) is 17.7. The van der Waals surface area contributed by atoms with Crippen LogP contribution in [0.3, 0.4) is 0 Å². The fourth-order valence-electron chi connectivity index (χ4n) is 2.86. The average Bonchev–Trinajstić information content (AvgIpc) is 3.51. The number of furan rings is 1. The molecule has 5 aromatic rings. The van der Waals surface area contributed by atoms with E-state index in [1.165, 1.54) is 11.3 Å². The molecule has 0 aliphatic carbocycles. The van der Waals surface area contributed by atoms with Gasteiger partial charge >= 0.3 is 0 Å². The molecule has 0 saturated carbocycles. The summed E-state index contributed by atoms with van der Waals surface area (Å²) >= 11 is 3.01. The maximum absolute atomic E-state index is 9.63. The van der Waals surface area contributed by atoms with Gasteiger partial charge in [-0.05, 0) is 36.4 Å². The third kappa shape index (κ3) is 3.47. The van der Waals surface area contributed by atoms with Crippen LogP contribution >= 0.6 is 22.7 Å². The molecule has 0 fully saturated rings. The second kappa shape index (κ2) is 7.43. The first kappa shape index (κ1) is 17.5. The van der Waals surface area contributed by atoms with Crippen LogP contribution in [0.15, 0.2) is 70.7 Å². The normalized spacial score (nSPS) is 11.6. The average molecular weight is 412 g/mol. The molecule has 5 nitrogen and oxygen atoms in total. The molecule has 0 unspecified atom stereocenters. The van der Waals surface area contributed by atoms with E-state index in [4.69, 9.17) is 4.42 Å². The zero-order chi connectivity index (χ0) is 19.6. The lowest BCUT2D eigenvalue weighted by molar-refractivity contribution is 0.571. The van der Waals surface area contributed by atoms with Gasteiger partial charge in [0.15, 0.2) is 10.8 Å². The Labute approximate surface area is 174 Å². The molecule has 0 saturated heterocycles. The first-order valence-electron chi connectivity index (χ1n) is 8.74. The van der Waals surface area contributed by atoms with Crippen LogP contribution in [0.25, 0.3) is 43.9 Å². The van der Waals surface area contributed by atoms with Crippen molar-refractivity contribution in [3.63, 3.8) is 0 Å². The second-order valence-electron chi connectivity index (χ2n) is 6.13. The van der Waals surface area contributed by atoms with Crippen LogP contribution in [-0.4, -0.2) is 15.0 Å². The highest BCUT2D eigenvalue weighted by Crippen LogP contribution is 2.32. The molecule has 138 valence electrons. The number of hydrogen-bond donors (Lipinski definition) is 0. The monoisotopic (exact) mass is 412 g/mol. The van der Waals surface area contributed by atoms with Gasteiger partial charge in [0.25, 0.3) is 0 Å². The fraction of sp³-hybridized carbons (Fsp3) is 0. The van der Waals surface area contributed by atoms with Crippen molar-refractivity contribution in [2.75, 3.05) is 0 Å². The van der Waals surface area contributed by atoms with E-state index >= 15 is 0 Å². The zero-order valence-electron chi connectivity index (χ0n) is 14.9. The number of hydrogen-bond acceptors (Lipinski definition) is 7. The smallest absolute Gasteiger partial charge is 0.163 e. The fourth-order valence-corrected chi connectivity index (χ4v) is 4.58. The molecular weight excluding hydrogens is 400 g/mol. The van der Waals surface area contributed by atoms with Crippen LogP contribution in [0.2, 0.25) is 0 Å². The van der Waals surface area contributed by atoms with Gasteiger partial charge in [0.2, 0.25) is 0 Å². The quantitative estimate of drug-likeness (QED) is 0.331. The molecule has 29 heavy (non-hydrogen) atoms. The van der Waals surface area contributed by atoms with E-state index in [0.29, 0.717) is 22.1 Å². The van der Waals surface area contributed by atoms with Crippen molar-refractivity contribution in [2.24, 2.45) is 0 Å². The van der Waals surface area contributed by atoms with Crippen molar-refractivity contribution < 1.29 is 4.42 Å². The van der Waals surface area contributed by atoms with Gasteiger partial charge in [-0.25, -0.2) is 9.97 Å². The molecule has 4 aromatic heterocycles. The van der Waals surface area contributed by atoms with Crippen molar-refractivity contribution in [2.45, 2.75) is 0 Å². The lowest BCUT2D eigenvalue weighted by atomic mass is 10.2. The van der Waals surface area contributed by atoms with Crippen LogP contribution < -0.4 is 0 Å². The van der Waals surface area contributed by atoms with E-state index in [9.17, 15) is 5.26 Å². The Bertz CT molecular complexity index is 1340. The van der Waals surface area contributed by atoms with Crippen molar-refractivity contribution in [1.82, 2.24) is 15.0 Å². The van der Waals surface area contributed by atoms with Gasteiger partial charge in [-0.2, -0.15) is 5.26 Å². The zero-order valence-corrected chi connectivity index (χ0v) is 16.6. The Balaban J connectivity index is 1.45. The highest BCUT2D eigenvalue weighted by Gasteiger charge is 2.12. The SMILES string of the molecule is N#CC(=Cc1ccc(-c2nc3ccccc3s2)o1)c1nc(-c2ccncc2)cs1. The highest BCUT2D eigenvalue weighted by atomic mass is 32.1. The molecule has 0 amide bonds. The molecule has 0 aliphatic heterocycles. The van der Waals surface area contributed by atoms with E-state index in [1.54, 1.807) is 29.8 Å². The van der Waals surface area contributed by atoms with Gasteiger partial charge in [-0.3, -0.25) is 4.98 Å². The minimum atomic E-state index is 0.459. The predicted molar refractivity (Wildman–Crippen MR) is 116 cm³/mol. The number of para-hydroxylation sites is 1. The van der Waals surface area contributed by atoms with E-state index in [0.717, 1.165) is 26.5 Å². The molecule has 0 aliphatic rings. The number of nitriles is 1. The maximum atomic E-state index is 9.63. The van der Waals surface area contributed by atoms with Gasteiger partial charge in [-0.15, -0.1) is 22.7 Å². The van der Waals surface area contributed by atoms with Crippen LogP contribution in [0.5, 0.6) is 0 Å². The van der Waals surface area contributed by atoms with Gasteiger partial charge in [-0.1, -0.05) is 12.1 Å². The summed E-state index contributed by atoms with van der Waals surface area (Å²) in [7, 11) is 0. The predicted octanol–water partition coefficient (Wildman–Crippen LogP) is 6.14. The Kier molecular flexibility index (Phi) is 4.48. The first-order chi connectivity index (χ1) is 14.3. The Hall–Kier alpha value is -3.60. The summed E-state index contributed by atoms with van der Waals surface area (Å²) in [5, 5.41) is 13.0. The lowest BCUT2D eigenvalue weighted by Crippen LogP contribution is -1.82. The van der Waals surface area contributed by atoms with Crippen LogP contribution in [0.4, 0.5) is 0 Å². The Morgan fingerprint density at radius 3 is 2.72 bits per heavy atom. The van der Waals surface area contributed by atoms with Gasteiger partial charge < -0.3 is 4.42 Å². The van der Waals surface area contributed by atoms with Gasteiger partial charge in [0, 0.05) is 29.4 Å². The molecule has 0 radical (unpaired) electrons. The standard InChI is InChI=1S/C22H12N4OS2/c23-12-15(21-26-18(13-28-21)14-7-9-24-10-8-14)11-16-5-6-19(27-16)22-25-17-3-1-2-4-20(17)29-22/h1-11,13H. The van der Waals surface area contributed by atoms with Gasteiger partial charge in [0.1, 0.15) is 16.8 Å². The largest absolute Gasteiger partial charge is 0.454 e. The van der Waals surface area contributed by atoms with Gasteiger partial charge in [0.05, 0.1) is 21.5 Å². The number of aromatic nitrogens is 3. The third-order valence-electron chi connectivity index (χ3n) is 4.25. The Morgan fingerprint density at radius 1 is 1.03 bits per heavy atom. The number of nitrogens with zero attached hydrogens (tertiary/aromatic N) is 4. The number of thiazole rings is 2. The minimum absolute atomic E-state index is 0.459. The van der Waals surface area contributed by atoms with Crippen molar-refractivity contribution in [1.29, 1.82) is 5.26 Å². The number of pyridine rings is 1. The molecule has 0 bridgehead atoms. The maximum Gasteiger partial charge on any atom is 0.163 e. The summed E-state index contributed by atoms with van der Waals surface area (Å²) in [6.07, 6.45) is 5.16. The molecule has 0 atom stereocenters. The van der Waals surface area contributed by atoms with E-state index in [2.05, 4.69) is 21.0 Å². The Morgan fingerprint density at radius 2 is 1.90 bits per heavy atom. The summed E-state index contributed by atoms with van der Waals surface area (Å²) in [4.78, 5) is 13.2. The van der Waals surface area contributed by atoms with Crippen LogP contribution in [0.1, 0.15) is 10.8 Å². The summed E-state index contributed by atoms with van der Waals surface area (Å²) < 4.78 is 7.04. The van der Waals surface area contributed by atoms with E-state index in [1.807, 2.05) is 53.9 Å². The van der Waals surface area contributed by atoms with E-state index < -0.39 is 0 Å². The first-order valence-corrected chi connectivity index (χ1v) is 10.4. The van der Waals surface area contributed by atoms with Crippen molar-refractivity contribution in [3.05, 3.63) is 77.1 Å². The van der Waals surface area contributed by atoms with Crippen molar-refractivity contribution in [3.8, 4) is 28.1 Å². The number of benzene rings is 1. The van der Waals surface area contributed by atoms with Crippen molar-refractivity contribution >= 4 is 44.5 Å². The molecule has 1 aromatic carbocycles. The summed E-state index contributed by atoms with van der Waals surface area (Å²) in [5.41, 5.74) is 3.20. The molecule has 0 spiro atoms. The second-order valence-corrected chi connectivity index (χ2v) is 8.02. The summed E-state index contributed by atoms with van der Waals surface area (Å²) in [6.45, 7) is 0. The lowest BCUT2D eigenvalue weighted by Gasteiger charge is -1.94. The molecule has 5 rings (SSSR count). The molecular formula is C22H12N4OS2. The van der Waals surface area contributed by atoms with E-state index in [-0.39, 0.29) is 0 Å². The van der Waals surface area contributed by atoms with Crippen LogP contribution in [0, 0.1) is 11.3 Å². The molecule has 0 N–H and O–H groups in total. The third-order valence-corrected chi connectivity index (χ3v) is 6.18. The molecule has 7 heteroatoms. The number of fused-ring (bicyclic) bond motifs is 1. The number of allylic oxidation sites excluding steroid dienone is 1. The van der Waals surface area contributed by atoms with Crippen LogP contribution in [-0.2, 0) is 0 Å². The number of rotatable bonds is 4. The highest BCUT2D eigenvalue weighted by molar-refractivity contribution is 7.21. The molecule has 4 heterocycles. The summed E-state index contributed by atoms with van der Waals surface area (Å²) in [5.74, 6) is 1.28. The minimum Gasteiger partial charge on any atom is -0.454 e. The topological polar surface area (TPSA) is 75.6 Å².